The smallest absolute Gasteiger partial charge is 0.265 e. The van der Waals surface area contributed by atoms with Gasteiger partial charge in [0.25, 0.3) is 5.91 Å². The molecule has 0 bridgehead atoms. The number of nitrogens with zero attached hydrogens (tertiary/aromatic N) is 1. The third kappa shape index (κ3) is 2.75. The van der Waals surface area contributed by atoms with Crippen LogP contribution in [0.4, 0.5) is 10.9 Å². The molecule has 1 amide bonds. The highest BCUT2D eigenvalue weighted by Crippen LogP contribution is 2.28. The van der Waals surface area contributed by atoms with Crippen LogP contribution in [0.15, 0.2) is 0 Å². The topological polar surface area (TPSA) is 80.0 Å². The molecule has 1 saturated carbocycles. The Kier molecular flexibility index (Phi) is 4.06. The van der Waals surface area contributed by atoms with E-state index < -0.39 is 0 Å². The molecule has 0 spiro atoms. The fourth-order valence-corrected chi connectivity index (χ4v) is 3.17. The molecule has 2 unspecified atom stereocenters. The summed E-state index contributed by atoms with van der Waals surface area (Å²) in [5, 5.41) is 6.85. The van der Waals surface area contributed by atoms with Gasteiger partial charge in [-0.1, -0.05) is 24.7 Å². The molecule has 1 aliphatic carbocycles. The van der Waals surface area contributed by atoms with E-state index in [0.717, 1.165) is 13.0 Å². The van der Waals surface area contributed by atoms with Gasteiger partial charge >= 0.3 is 0 Å². The lowest BCUT2D eigenvalue weighted by molar-refractivity contribution is 0.0934. The highest BCUT2D eigenvalue weighted by Gasteiger charge is 2.26. The zero-order chi connectivity index (χ0) is 13.1. The first-order valence-corrected chi connectivity index (χ1v) is 7.24. The molecule has 2 rings (SSSR count). The second kappa shape index (κ2) is 5.56. The Hall–Kier alpha value is -1.30. The van der Waals surface area contributed by atoms with Crippen molar-refractivity contribution in [1.82, 2.24) is 10.3 Å². The average Bonchev–Trinajstić information content (AvgIpc) is 2.87. The number of nitrogen functional groups attached to an aromatic ring is 1. The fourth-order valence-electron chi connectivity index (χ4n) is 2.32. The number of carbonyl (C=O) groups is 1. The van der Waals surface area contributed by atoms with E-state index in [4.69, 9.17) is 5.73 Å². The van der Waals surface area contributed by atoms with Crippen LogP contribution in [-0.4, -0.2) is 23.5 Å². The third-order valence-electron chi connectivity index (χ3n) is 3.37. The van der Waals surface area contributed by atoms with Crippen molar-refractivity contribution in [2.75, 3.05) is 17.6 Å². The number of rotatable bonds is 4. The zero-order valence-electron chi connectivity index (χ0n) is 10.8. The summed E-state index contributed by atoms with van der Waals surface area (Å²) in [5.74, 6) is 0.781. The number of aromatic nitrogens is 1. The molecule has 6 heteroatoms. The average molecular weight is 268 g/mol. The van der Waals surface area contributed by atoms with Gasteiger partial charge in [0.2, 0.25) is 0 Å². The number of anilines is 2. The molecule has 2 atom stereocenters. The van der Waals surface area contributed by atoms with Crippen molar-refractivity contribution >= 4 is 28.2 Å². The molecule has 0 aliphatic heterocycles. The van der Waals surface area contributed by atoms with Gasteiger partial charge in [0.1, 0.15) is 10.7 Å². The number of nitrogens with one attached hydrogen (secondary N) is 2. The van der Waals surface area contributed by atoms with Gasteiger partial charge in [-0.3, -0.25) is 4.79 Å². The zero-order valence-corrected chi connectivity index (χ0v) is 11.6. The second-order valence-electron chi connectivity index (χ2n) is 4.75. The lowest BCUT2D eigenvalue weighted by Crippen LogP contribution is -2.36. The van der Waals surface area contributed by atoms with Gasteiger partial charge in [-0.2, -0.15) is 0 Å². The van der Waals surface area contributed by atoms with Crippen LogP contribution in [0.2, 0.25) is 0 Å². The number of amides is 1. The van der Waals surface area contributed by atoms with Gasteiger partial charge in [-0.15, -0.1) is 0 Å². The van der Waals surface area contributed by atoms with Gasteiger partial charge in [0.05, 0.1) is 0 Å². The molecule has 100 valence electrons. The SMILES string of the molecule is CCNc1nc(N)c(C(=O)NC2CCCC2C)s1. The third-order valence-corrected chi connectivity index (χ3v) is 4.39. The molecular weight excluding hydrogens is 248 g/mol. The predicted molar refractivity (Wildman–Crippen MR) is 75.0 cm³/mol. The first-order chi connectivity index (χ1) is 8.61. The summed E-state index contributed by atoms with van der Waals surface area (Å²) in [6, 6.07) is 0.279. The molecule has 0 radical (unpaired) electrons. The van der Waals surface area contributed by atoms with Crippen molar-refractivity contribution in [3.63, 3.8) is 0 Å². The Morgan fingerprint density at radius 1 is 1.56 bits per heavy atom. The predicted octanol–water partition coefficient (Wildman–Crippen LogP) is 2.08. The van der Waals surface area contributed by atoms with E-state index in [1.165, 1.54) is 24.2 Å². The number of carbonyl (C=O) groups excluding carboxylic acids is 1. The summed E-state index contributed by atoms with van der Waals surface area (Å²) >= 11 is 1.32. The molecule has 1 fully saturated rings. The highest BCUT2D eigenvalue weighted by atomic mass is 32.1. The van der Waals surface area contributed by atoms with E-state index in [-0.39, 0.29) is 11.9 Å². The number of nitrogens with two attached hydrogens (primary N) is 1. The Bertz CT molecular complexity index is 432. The fraction of sp³-hybridized carbons (Fsp3) is 0.667. The molecular formula is C12H20N4OS. The van der Waals surface area contributed by atoms with Crippen molar-refractivity contribution < 1.29 is 4.79 Å². The molecule has 5 nitrogen and oxygen atoms in total. The molecule has 0 aromatic carbocycles. The van der Waals surface area contributed by atoms with Crippen LogP contribution in [0, 0.1) is 5.92 Å². The van der Waals surface area contributed by atoms with Gasteiger partial charge in [0, 0.05) is 12.6 Å². The number of hydrogen-bond donors (Lipinski definition) is 3. The lowest BCUT2D eigenvalue weighted by Gasteiger charge is -2.16. The first-order valence-electron chi connectivity index (χ1n) is 6.42. The summed E-state index contributed by atoms with van der Waals surface area (Å²) in [6.07, 6.45) is 3.43. The van der Waals surface area contributed by atoms with E-state index in [1.807, 2.05) is 6.92 Å². The summed E-state index contributed by atoms with van der Waals surface area (Å²) in [7, 11) is 0. The Morgan fingerprint density at radius 3 is 2.94 bits per heavy atom. The summed E-state index contributed by atoms with van der Waals surface area (Å²) in [5.41, 5.74) is 5.78. The van der Waals surface area contributed by atoms with Crippen molar-refractivity contribution in [3.8, 4) is 0 Å². The van der Waals surface area contributed by atoms with Gasteiger partial charge in [0.15, 0.2) is 5.13 Å². The molecule has 1 aromatic rings. The van der Waals surface area contributed by atoms with Gasteiger partial charge in [-0.05, 0) is 25.7 Å². The van der Waals surface area contributed by atoms with E-state index in [0.29, 0.717) is 21.7 Å². The van der Waals surface area contributed by atoms with Crippen molar-refractivity contribution in [2.24, 2.45) is 5.92 Å². The quantitative estimate of drug-likeness (QED) is 0.781. The second-order valence-corrected chi connectivity index (χ2v) is 5.75. The molecule has 1 aromatic heterocycles. The Morgan fingerprint density at radius 2 is 2.33 bits per heavy atom. The van der Waals surface area contributed by atoms with Crippen molar-refractivity contribution in [1.29, 1.82) is 0 Å². The normalized spacial score (nSPS) is 23.0. The number of thiazole rings is 1. The van der Waals surface area contributed by atoms with Crippen LogP contribution < -0.4 is 16.4 Å². The van der Waals surface area contributed by atoms with E-state index in [2.05, 4.69) is 22.5 Å². The van der Waals surface area contributed by atoms with Gasteiger partial charge in [-0.25, -0.2) is 4.98 Å². The van der Waals surface area contributed by atoms with E-state index in [9.17, 15) is 4.79 Å². The van der Waals surface area contributed by atoms with Crippen molar-refractivity contribution in [3.05, 3.63) is 4.88 Å². The number of hydrogen-bond acceptors (Lipinski definition) is 5. The van der Waals surface area contributed by atoms with E-state index >= 15 is 0 Å². The van der Waals surface area contributed by atoms with Crippen LogP contribution >= 0.6 is 11.3 Å². The summed E-state index contributed by atoms with van der Waals surface area (Å²) < 4.78 is 0. The maximum absolute atomic E-state index is 12.1. The van der Waals surface area contributed by atoms with Gasteiger partial charge < -0.3 is 16.4 Å². The first kappa shape index (κ1) is 13.1. The van der Waals surface area contributed by atoms with Crippen LogP contribution in [0.25, 0.3) is 0 Å². The standard InChI is InChI=1S/C12H20N4OS/c1-3-14-12-16-10(13)9(18-12)11(17)15-8-6-4-5-7(8)2/h7-8H,3-6,13H2,1-2H3,(H,14,16)(H,15,17). The lowest BCUT2D eigenvalue weighted by atomic mass is 10.1. The molecule has 18 heavy (non-hydrogen) atoms. The minimum atomic E-state index is -0.0899. The maximum Gasteiger partial charge on any atom is 0.265 e. The van der Waals surface area contributed by atoms with E-state index in [1.54, 1.807) is 0 Å². The minimum Gasteiger partial charge on any atom is -0.382 e. The Labute approximate surface area is 111 Å². The molecule has 1 aliphatic rings. The molecule has 1 heterocycles. The highest BCUT2D eigenvalue weighted by molar-refractivity contribution is 7.18. The van der Waals surface area contributed by atoms with Crippen LogP contribution in [0.5, 0.6) is 0 Å². The monoisotopic (exact) mass is 268 g/mol. The largest absolute Gasteiger partial charge is 0.382 e. The van der Waals surface area contributed by atoms with Crippen LogP contribution in [0.1, 0.15) is 42.8 Å². The van der Waals surface area contributed by atoms with Crippen LogP contribution in [0.3, 0.4) is 0 Å². The van der Waals surface area contributed by atoms with Crippen LogP contribution in [-0.2, 0) is 0 Å². The van der Waals surface area contributed by atoms with Crippen molar-refractivity contribution in [2.45, 2.75) is 39.2 Å². The maximum atomic E-state index is 12.1. The molecule has 4 N–H and O–H groups in total. The summed E-state index contributed by atoms with van der Waals surface area (Å²) in [6.45, 7) is 4.93. The molecule has 0 saturated heterocycles. The minimum absolute atomic E-state index is 0.0899. The summed E-state index contributed by atoms with van der Waals surface area (Å²) in [4.78, 5) is 16.8. The Balaban J connectivity index is 2.04.